The van der Waals surface area contributed by atoms with Crippen LogP contribution in [0.15, 0.2) is 89.4 Å². The van der Waals surface area contributed by atoms with Crippen molar-refractivity contribution >= 4 is 37.3 Å². The molecule has 9 rings (SSSR count). The second-order valence-corrected chi connectivity index (χ2v) is 19.9. The van der Waals surface area contributed by atoms with Crippen LogP contribution < -0.4 is 0 Å². The molecule has 0 amide bonds. The molecule has 3 aliphatic heterocycles. The van der Waals surface area contributed by atoms with Gasteiger partial charge in [-0.15, -0.1) is 0 Å². The fraction of sp³-hybridized carbons (Fsp3) is 0.564. The molecule has 11 heteroatoms. The maximum absolute atomic E-state index is 9.96. The molecule has 0 N–H and O–H groups in total. The van der Waals surface area contributed by atoms with Crippen LogP contribution in [0.2, 0.25) is 6.22 Å². The molecule has 2 aliphatic carbocycles. The molecule has 0 aromatic heterocycles. The summed E-state index contributed by atoms with van der Waals surface area (Å²) in [7, 11) is -1.73. The van der Waals surface area contributed by atoms with Gasteiger partial charge in [0, 0.05) is 17.0 Å². The molecule has 0 radical (unpaired) electrons. The maximum Gasteiger partial charge on any atom is 0.462 e. The molecule has 5 aliphatic rings. The van der Waals surface area contributed by atoms with Crippen molar-refractivity contribution in [3.63, 3.8) is 0 Å². The Kier molecular flexibility index (Phi) is 22.0. The maximum atomic E-state index is 9.96. The summed E-state index contributed by atoms with van der Waals surface area (Å²) in [5.41, 5.74) is 10.8. The zero-order valence-electron chi connectivity index (χ0n) is 45.6. The second kappa shape index (κ2) is 25.2. The van der Waals surface area contributed by atoms with Gasteiger partial charge in [-0.1, -0.05) is 144 Å². The van der Waals surface area contributed by atoms with E-state index < -0.39 is 7.15 Å². The van der Waals surface area contributed by atoms with Crippen molar-refractivity contribution in [2.45, 2.75) is 197 Å². The minimum atomic E-state index is -1.00. The van der Waals surface area contributed by atoms with E-state index in [9.17, 15) is 4.39 Å². The summed E-state index contributed by atoms with van der Waals surface area (Å²) in [6.45, 7) is 40.8. The van der Waals surface area contributed by atoms with Gasteiger partial charge in [-0.05, 0) is 158 Å². The molecule has 364 valence electrons. The van der Waals surface area contributed by atoms with Crippen molar-refractivity contribution < 1.29 is 33.7 Å². The molecule has 0 atom stereocenters. The molecule has 3 heterocycles. The molecule has 0 unspecified atom stereocenters. The van der Waals surface area contributed by atoms with Gasteiger partial charge in [0.1, 0.15) is 0 Å². The Bertz CT molecular complexity index is 2050. The fourth-order valence-corrected chi connectivity index (χ4v) is 8.28. The Hall–Kier alpha value is -2.76. The smallest absolute Gasteiger partial charge is 0.404 e. The van der Waals surface area contributed by atoms with E-state index in [1.807, 2.05) is 55.4 Å². The molecule has 0 bridgehead atoms. The van der Waals surface area contributed by atoms with Crippen LogP contribution in [0.25, 0.3) is 22.3 Å². The van der Waals surface area contributed by atoms with E-state index in [0.717, 1.165) is 23.6 Å². The van der Waals surface area contributed by atoms with E-state index in [2.05, 4.69) is 184 Å². The van der Waals surface area contributed by atoms with Gasteiger partial charge in [-0.3, -0.25) is 4.39 Å². The molecule has 6 nitrogen and oxygen atoms in total. The minimum Gasteiger partial charge on any atom is -0.404 e. The number of alkyl halides is 1. The first-order chi connectivity index (χ1) is 31.5. The molecular weight excluding hydrogens is 888 g/mol. The van der Waals surface area contributed by atoms with Gasteiger partial charge in [0.25, 0.3) is 0 Å². The van der Waals surface area contributed by atoms with Gasteiger partial charge < -0.3 is 27.9 Å². The molecule has 4 aromatic carbocycles. The second-order valence-electron chi connectivity index (χ2n) is 19.0. The Morgan fingerprint density at radius 1 is 0.455 bits per heavy atom. The molecule has 3 saturated heterocycles. The predicted molar refractivity (Wildman–Crippen MR) is 286 cm³/mol. The van der Waals surface area contributed by atoms with Crippen LogP contribution in [0.1, 0.15) is 168 Å². The number of fused-ring (bicyclic) bond motifs is 6. The first-order valence-corrected chi connectivity index (χ1v) is 25.3. The Morgan fingerprint density at radius 3 is 1.14 bits per heavy atom. The van der Waals surface area contributed by atoms with E-state index in [4.69, 9.17) is 29.3 Å². The van der Waals surface area contributed by atoms with Gasteiger partial charge in [-0.2, -0.15) is 0 Å². The lowest BCUT2D eigenvalue weighted by Gasteiger charge is -2.32. The summed E-state index contributed by atoms with van der Waals surface area (Å²) in [6.07, 6.45) is 3.52. The van der Waals surface area contributed by atoms with Gasteiger partial charge in [0.15, 0.2) is 0 Å². The molecule has 0 saturated carbocycles. The highest BCUT2D eigenvalue weighted by Gasteiger charge is 2.57. The van der Waals surface area contributed by atoms with Gasteiger partial charge in [0.05, 0.1) is 42.1 Å². The van der Waals surface area contributed by atoms with Crippen molar-refractivity contribution in [1.82, 2.24) is 0 Å². The van der Waals surface area contributed by atoms with Crippen LogP contribution in [0.5, 0.6) is 0 Å². The summed E-state index contributed by atoms with van der Waals surface area (Å²) < 4.78 is 52.8. The molecule has 66 heavy (non-hydrogen) atoms. The topological polar surface area (TPSA) is 55.4 Å². The van der Waals surface area contributed by atoms with E-state index in [1.54, 1.807) is 0 Å². The van der Waals surface area contributed by atoms with Gasteiger partial charge in [-0.25, -0.2) is 0 Å². The molecular formula is C55H85B3BrFO6. The quantitative estimate of drug-likeness (QED) is 0.164. The standard InChI is InChI=1S/C20H23BO2.C13H26B2O4.C13H9Br.4C2H6.CH3F/c1-19(2)20(3,4)23-21(22-19)13-14-9-10-16-12-15-7-5-6-8-17(15)18(16)11-14;1-10(2)11(3,4)17-14(16-10)9-15-18-12(5,6)13(7,8)19-15;14-11-6-5-10-7-9-3-1-2-4-12(9)13(10)8-11;5*1-2/h5-11H,12-13H2,1-4H3;9H2,1-8H3;1-6,8H,7H2;4*1-2H3;1H3/i;;;;;;;1D. The number of halogens is 2. The lowest BCUT2D eigenvalue weighted by Crippen LogP contribution is -2.41. The zero-order chi connectivity index (χ0) is 51.2. The van der Waals surface area contributed by atoms with Crippen molar-refractivity contribution in [2.24, 2.45) is 0 Å². The van der Waals surface area contributed by atoms with E-state index in [-0.39, 0.29) is 55.0 Å². The average molecular weight is 975 g/mol. The highest BCUT2D eigenvalue weighted by atomic mass is 79.9. The SMILES string of the molecule is Brc1ccc2c(c1)-c1ccccc1C2.CC.CC.CC.CC.CC1(C)OB(CB2OC(C)(C)C(C)(C)O2)OC1(C)C.CC1(C)OB(Cc2ccc3c(c2)-c2ccccc2C3)OC1(C)C.[2H]CF. The number of rotatable bonds is 4. The van der Waals surface area contributed by atoms with E-state index in [0.29, 0.717) is 6.22 Å². The van der Waals surface area contributed by atoms with Crippen molar-refractivity contribution in [3.05, 3.63) is 117 Å². The fourth-order valence-electron chi connectivity index (χ4n) is 7.91. The monoisotopic (exact) mass is 974 g/mol. The molecule has 0 spiro atoms. The summed E-state index contributed by atoms with van der Waals surface area (Å²) in [6, 6.07) is 30.6. The van der Waals surface area contributed by atoms with Crippen molar-refractivity contribution in [1.29, 1.82) is 0 Å². The summed E-state index contributed by atoms with van der Waals surface area (Å²) in [5.74, 6) is 0. The van der Waals surface area contributed by atoms with Crippen molar-refractivity contribution in [3.8, 4) is 22.3 Å². The van der Waals surface area contributed by atoms with Crippen LogP contribution in [0, 0.1) is 0 Å². The Balaban J connectivity index is 0.000000318. The van der Waals surface area contributed by atoms with E-state index >= 15 is 0 Å². The normalized spacial score (nSPS) is 19.3. The van der Waals surface area contributed by atoms with Crippen LogP contribution in [-0.2, 0) is 47.1 Å². The van der Waals surface area contributed by atoms with E-state index in [1.165, 1.54) is 50.1 Å². The van der Waals surface area contributed by atoms with Crippen LogP contribution in [0.4, 0.5) is 4.39 Å². The van der Waals surface area contributed by atoms with Crippen LogP contribution in [-0.4, -0.2) is 62.1 Å². The first-order valence-electron chi connectivity index (χ1n) is 25.2. The third-order valence-electron chi connectivity index (χ3n) is 13.3. The summed E-state index contributed by atoms with van der Waals surface area (Å²) >= 11 is 3.52. The highest BCUT2D eigenvalue weighted by molar-refractivity contribution is 9.10. The van der Waals surface area contributed by atoms with Crippen molar-refractivity contribution in [2.75, 3.05) is 7.15 Å². The Labute approximate surface area is 413 Å². The summed E-state index contributed by atoms with van der Waals surface area (Å²) in [5, 5.41) is 0. The number of benzene rings is 4. The first kappa shape index (κ1) is 57.6. The van der Waals surface area contributed by atoms with Crippen LogP contribution in [0.3, 0.4) is 0 Å². The third kappa shape index (κ3) is 13.9. The van der Waals surface area contributed by atoms with Gasteiger partial charge in [0.2, 0.25) is 0 Å². The predicted octanol–water partition coefficient (Wildman–Crippen LogP) is 15.9. The van der Waals surface area contributed by atoms with Gasteiger partial charge >= 0.3 is 21.4 Å². The van der Waals surface area contributed by atoms with Crippen LogP contribution >= 0.6 is 15.9 Å². The lowest BCUT2D eigenvalue weighted by atomic mass is 9.64. The largest absolute Gasteiger partial charge is 0.462 e. The number of hydrogen-bond donors (Lipinski definition) is 0. The zero-order valence-corrected chi connectivity index (χ0v) is 46.1. The minimum absolute atomic E-state index is 0.172. The third-order valence-corrected chi connectivity index (χ3v) is 13.8. The highest BCUT2D eigenvalue weighted by Crippen LogP contribution is 2.43. The molecule has 4 aromatic rings. The Morgan fingerprint density at radius 2 is 0.758 bits per heavy atom. The lowest BCUT2D eigenvalue weighted by molar-refractivity contribution is 0.00578. The average Bonchev–Trinajstić information content (AvgIpc) is 4.00. The molecule has 3 fully saturated rings. The summed E-state index contributed by atoms with van der Waals surface area (Å²) in [4.78, 5) is 0. The number of hydrogen-bond acceptors (Lipinski definition) is 6.